The molecule has 0 fully saturated rings. The highest BCUT2D eigenvalue weighted by molar-refractivity contribution is 6.35. The van der Waals surface area contributed by atoms with E-state index in [-0.39, 0.29) is 17.8 Å². The van der Waals surface area contributed by atoms with Gasteiger partial charge in [-0.25, -0.2) is 9.18 Å². The quantitative estimate of drug-likeness (QED) is 0.230. The molecule has 0 bridgehead atoms. The molecule has 36 heavy (non-hydrogen) atoms. The van der Waals surface area contributed by atoms with E-state index in [9.17, 15) is 9.18 Å². The van der Waals surface area contributed by atoms with Gasteiger partial charge in [-0.15, -0.1) is 0 Å². The molecule has 192 valence electrons. The zero-order valence-electron chi connectivity index (χ0n) is 20.7. The van der Waals surface area contributed by atoms with Crippen LogP contribution in [0.1, 0.15) is 24.3 Å². The molecule has 1 atom stereocenters. The zero-order valence-corrected chi connectivity index (χ0v) is 22.2. The SMILES string of the molecule is CN(C)CCCNCCC(CNC(=O)Nc1cc(Cl)cc(Cl)c1)c1cccc(-c2cccc(F)c2)c1. The van der Waals surface area contributed by atoms with Crippen molar-refractivity contribution in [2.24, 2.45) is 0 Å². The summed E-state index contributed by atoms with van der Waals surface area (Å²) in [6.07, 6.45) is 1.90. The lowest BCUT2D eigenvalue weighted by Crippen LogP contribution is -2.33. The zero-order chi connectivity index (χ0) is 25.9. The highest BCUT2D eigenvalue weighted by atomic mass is 35.5. The maximum absolute atomic E-state index is 13.8. The van der Waals surface area contributed by atoms with Crippen molar-refractivity contribution in [1.29, 1.82) is 0 Å². The molecule has 0 saturated heterocycles. The first-order valence-corrected chi connectivity index (χ1v) is 12.8. The van der Waals surface area contributed by atoms with E-state index in [1.807, 2.05) is 18.2 Å². The van der Waals surface area contributed by atoms with Crippen molar-refractivity contribution in [2.75, 3.05) is 45.6 Å². The first-order valence-electron chi connectivity index (χ1n) is 12.0. The number of carbonyl (C=O) groups is 1. The molecule has 0 aliphatic rings. The number of halogens is 3. The van der Waals surface area contributed by atoms with E-state index in [4.69, 9.17) is 23.2 Å². The van der Waals surface area contributed by atoms with Crippen LogP contribution in [-0.2, 0) is 0 Å². The predicted molar refractivity (Wildman–Crippen MR) is 149 cm³/mol. The van der Waals surface area contributed by atoms with E-state index >= 15 is 0 Å². The molecule has 3 aromatic rings. The summed E-state index contributed by atoms with van der Waals surface area (Å²) in [6, 6.07) is 19.2. The third kappa shape index (κ3) is 9.43. The van der Waals surface area contributed by atoms with Gasteiger partial charge in [0.1, 0.15) is 5.82 Å². The number of hydrogen-bond donors (Lipinski definition) is 3. The maximum Gasteiger partial charge on any atom is 0.319 e. The molecule has 8 heteroatoms. The van der Waals surface area contributed by atoms with Gasteiger partial charge in [0.25, 0.3) is 0 Å². The summed E-state index contributed by atoms with van der Waals surface area (Å²) in [5, 5.41) is 10.2. The van der Waals surface area contributed by atoms with Gasteiger partial charge in [-0.05, 0) is 93.6 Å². The highest BCUT2D eigenvalue weighted by Gasteiger charge is 2.15. The smallest absolute Gasteiger partial charge is 0.319 e. The number of urea groups is 1. The van der Waals surface area contributed by atoms with Crippen LogP contribution in [0.4, 0.5) is 14.9 Å². The van der Waals surface area contributed by atoms with E-state index < -0.39 is 0 Å². The van der Waals surface area contributed by atoms with Crippen molar-refractivity contribution in [1.82, 2.24) is 15.5 Å². The number of nitrogens with one attached hydrogen (secondary N) is 3. The van der Waals surface area contributed by atoms with Crippen molar-refractivity contribution in [3.05, 3.63) is 88.2 Å². The molecule has 1 unspecified atom stereocenters. The lowest BCUT2D eigenvalue weighted by molar-refractivity contribution is 0.251. The molecule has 3 N–H and O–H groups in total. The van der Waals surface area contributed by atoms with Crippen LogP contribution in [0.5, 0.6) is 0 Å². The topological polar surface area (TPSA) is 56.4 Å². The summed E-state index contributed by atoms with van der Waals surface area (Å²) >= 11 is 12.1. The number of anilines is 1. The minimum Gasteiger partial charge on any atom is -0.337 e. The van der Waals surface area contributed by atoms with Gasteiger partial charge in [-0.2, -0.15) is 0 Å². The fourth-order valence-electron chi connectivity index (χ4n) is 3.97. The van der Waals surface area contributed by atoms with Crippen LogP contribution >= 0.6 is 23.2 Å². The van der Waals surface area contributed by atoms with Gasteiger partial charge in [0.2, 0.25) is 0 Å². The van der Waals surface area contributed by atoms with Crippen LogP contribution in [0.2, 0.25) is 10.0 Å². The number of benzene rings is 3. The number of rotatable bonds is 12. The summed E-state index contributed by atoms with van der Waals surface area (Å²) in [6.45, 7) is 3.21. The fraction of sp³-hybridized carbons (Fsp3) is 0.321. The number of amides is 2. The third-order valence-corrected chi connectivity index (χ3v) is 6.21. The molecule has 3 rings (SSSR count). The molecule has 0 heterocycles. The van der Waals surface area contributed by atoms with E-state index in [0.717, 1.165) is 49.2 Å². The predicted octanol–water partition coefficient (Wildman–Crippen LogP) is 6.64. The maximum atomic E-state index is 13.8. The van der Waals surface area contributed by atoms with Crippen LogP contribution in [0, 0.1) is 5.82 Å². The van der Waals surface area contributed by atoms with Crippen LogP contribution < -0.4 is 16.0 Å². The number of nitrogens with zero attached hydrogens (tertiary/aromatic N) is 1. The van der Waals surface area contributed by atoms with E-state index in [0.29, 0.717) is 22.3 Å². The Morgan fingerprint density at radius 2 is 1.64 bits per heavy atom. The second-order valence-corrected chi connectivity index (χ2v) is 9.89. The molecular formula is C28H33Cl2FN4O. The second-order valence-electron chi connectivity index (χ2n) is 9.02. The molecule has 0 aliphatic heterocycles. The van der Waals surface area contributed by atoms with Gasteiger partial charge in [0.05, 0.1) is 0 Å². The lowest BCUT2D eigenvalue weighted by atomic mass is 9.92. The Balaban J connectivity index is 1.67. The standard InChI is InChI=1S/C28H33Cl2FN4O/c1-35(2)13-5-11-32-12-10-23(19-33-28(36)34-27-17-24(29)16-25(30)18-27)21-7-3-6-20(14-21)22-8-4-9-26(31)15-22/h3-4,6-9,14-18,23,32H,5,10-13,19H2,1-2H3,(H2,33,34,36). The van der Waals surface area contributed by atoms with Gasteiger partial charge < -0.3 is 20.9 Å². The number of carbonyl (C=O) groups excluding carboxylic acids is 1. The summed E-state index contributed by atoms with van der Waals surface area (Å²) in [5.74, 6) is -0.204. The van der Waals surface area contributed by atoms with E-state index in [2.05, 4.69) is 47.1 Å². The van der Waals surface area contributed by atoms with Crippen molar-refractivity contribution >= 4 is 34.9 Å². The van der Waals surface area contributed by atoms with Crippen LogP contribution in [0.25, 0.3) is 11.1 Å². The Hall–Kier alpha value is -2.64. The minimum absolute atomic E-state index is 0.0635. The van der Waals surface area contributed by atoms with Gasteiger partial charge in [-0.1, -0.05) is 59.6 Å². The molecule has 0 aliphatic carbocycles. The highest BCUT2D eigenvalue weighted by Crippen LogP contribution is 2.27. The summed E-state index contributed by atoms with van der Waals surface area (Å²) in [7, 11) is 4.13. The molecular weight excluding hydrogens is 498 g/mol. The largest absolute Gasteiger partial charge is 0.337 e. The average Bonchev–Trinajstić information content (AvgIpc) is 2.82. The van der Waals surface area contributed by atoms with Crippen molar-refractivity contribution in [2.45, 2.75) is 18.8 Å². The summed E-state index contributed by atoms with van der Waals surface area (Å²) < 4.78 is 13.8. The molecule has 0 radical (unpaired) electrons. The monoisotopic (exact) mass is 530 g/mol. The Morgan fingerprint density at radius 1 is 0.944 bits per heavy atom. The second kappa shape index (κ2) is 14.2. The van der Waals surface area contributed by atoms with Gasteiger partial charge in [-0.3, -0.25) is 0 Å². The van der Waals surface area contributed by atoms with Crippen molar-refractivity contribution in [3.63, 3.8) is 0 Å². The molecule has 0 saturated carbocycles. The Labute approximate surface area is 223 Å². The molecule has 0 spiro atoms. The Bertz CT molecular complexity index is 1120. The fourth-order valence-corrected chi connectivity index (χ4v) is 4.49. The minimum atomic E-state index is -0.335. The van der Waals surface area contributed by atoms with Crippen molar-refractivity contribution < 1.29 is 9.18 Å². The third-order valence-electron chi connectivity index (χ3n) is 5.77. The van der Waals surface area contributed by atoms with Gasteiger partial charge in [0, 0.05) is 28.2 Å². The average molecular weight is 532 g/mol. The number of hydrogen-bond acceptors (Lipinski definition) is 3. The molecule has 2 amide bonds. The van der Waals surface area contributed by atoms with Crippen LogP contribution in [0.3, 0.4) is 0 Å². The van der Waals surface area contributed by atoms with Crippen molar-refractivity contribution in [3.8, 4) is 11.1 Å². The van der Waals surface area contributed by atoms with E-state index in [1.54, 1.807) is 24.3 Å². The normalized spacial score (nSPS) is 11.9. The van der Waals surface area contributed by atoms with Gasteiger partial charge >= 0.3 is 6.03 Å². The Morgan fingerprint density at radius 3 is 2.33 bits per heavy atom. The summed E-state index contributed by atoms with van der Waals surface area (Å²) in [5.41, 5.74) is 3.37. The Kier molecular flexibility index (Phi) is 11.0. The van der Waals surface area contributed by atoms with Crippen LogP contribution in [0.15, 0.2) is 66.7 Å². The molecule has 5 nitrogen and oxygen atoms in total. The first kappa shape index (κ1) is 27.9. The van der Waals surface area contributed by atoms with E-state index in [1.165, 1.54) is 12.1 Å². The van der Waals surface area contributed by atoms with Crippen LogP contribution in [-0.4, -0.2) is 51.2 Å². The lowest BCUT2D eigenvalue weighted by Gasteiger charge is -2.20. The summed E-state index contributed by atoms with van der Waals surface area (Å²) in [4.78, 5) is 14.8. The van der Waals surface area contributed by atoms with Gasteiger partial charge in [0.15, 0.2) is 0 Å². The first-order chi connectivity index (χ1) is 17.3. The molecule has 3 aromatic carbocycles. The molecule has 0 aromatic heterocycles.